The van der Waals surface area contributed by atoms with Crippen LogP contribution in [-0.2, 0) is 27.2 Å². The molecule has 5 heteroatoms. The largest absolute Gasteiger partial charge is 0.467 e. The van der Waals surface area contributed by atoms with Crippen molar-refractivity contribution in [2.45, 2.75) is 44.7 Å². The van der Waals surface area contributed by atoms with Crippen LogP contribution in [0.3, 0.4) is 0 Å². The highest BCUT2D eigenvalue weighted by atomic mass is 16.5. The predicted molar refractivity (Wildman–Crippen MR) is 97.0 cm³/mol. The Morgan fingerprint density at radius 2 is 2.24 bits per heavy atom. The molecule has 1 amide bonds. The number of amides is 1. The Kier molecular flexibility index (Phi) is 5.53. The molecule has 5 nitrogen and oxygen atoms in total. The first-order valence-corrected chi connectivity index (χ1v) is 8.96. The lowest BCUT2D eigenvalue weighted by molar-refractivity contribution is -0.145. The van der Waals surface area contributed by atoms with Gasteiger partial charge in [-0.05, 0) is 48.4 Å². The first kappa shape index (κ1) is 17.7. The van der Waals surface area contributed by atoms with E-state index in [2.05, 4.69) is 41.8 Å². The van der Waals surface area contributed by atoms with Crippen molar-refractivity contribution in [2.75, 3.05) is 13.7 Å². The van der Waals surface area contributed by atoms with Gasteiger partial charge in [-0.3, -0.25) is 4.79 Å². The summed E-state index contributed by atoms with van der Waals surface area (Å²) in [6.07, 6.45) is 7.64. The van der Waals surface area contributed by atoms with Crippen LogP contribution in [0.4, 0.5) is 0 Å². The maximum atomic E-state index is 12.5. The Morgan fingerprint density at radius 3 is 2.96 bits per heavy atom. The number of methoxy groups -OCH3 is 1. The summed E-state index contributed by atoms with van der Waals surface area (Å²) in [5.74, 6) is -0.0648. The number of hydrogen-bond donors (Lipinski definition) is 2. The molecule has 3 atom stereocenters. The monoisotopic (exact) mass is 342 g/mol. The number of esters is 1. The van der Waals surface area contributed by atoms with Crippen molar-refractivity contribution in [1.29, 1.82) is 0 Å². The van der Waals surface area contributed by atoms with Crippen LogP contribution in [0.5, 0.6) is 0 Å². The van der Waals surface area contributed by atoms with Gasteiger partial charge in [0.25, 0.3) is 0 Å². The van der Waals surface area contributed by atoms with Gasteiger partial charge in [-0.25, -0.2) is 4.79 Å². The number of carbonyl (C=O) groups is 2. The molecule has 3 unspecified atom stereocenters. The highest BCUT2D eigenvalue weighted by Gasteiger charge is 2.30. The Bertz CT molecular complexity index is 684. The van der Waals surface area contributed by atoms with E-state index in [0.29, 0.717) is 12.3 Å². The molecule has 0 radical (unpaired) electrons. The summed E-state index contributed by atoms with van der Waals surface area (Å²) in [7, 11) is 1.35. The topological polar surface area (TPSA) is 67.4 Å². The normalized spacial score (nSPS) is 23.0. The molecule has 2 aliphatic rings. The van der Waals surface area contributed by atoms with E-state index in [1.54, 1.807) is 0 Å². The molecule has 2 N–H and O–H groups in total. The Morgan fingerprint density at radius 1 is 1.40 bits per heavy atom. The number of hydrogen-bond acceptors (Lipinski definition) is 4. The predicted octanol–water partition coefficient (Wildman–Crippen LogP) is 1.84. The number of nitrogens with one attached hydrogen (secondary N) is 2. The summed E-state index contributed by atoms with van der Waals surface area (Å²) in [4.78, 5) is 24.6. The Labute approximate surface area is 148 Å². The van der Waals surface area contributed by atoms with E-state index in [0.717, 1.165) is 31.4 Å². The molecule has 1 fully saturated rings. The van der Waals surface area contributed by atoms with Crippen molar-refractivity contribution in [3.8, 4) is 0 Å². The Hall–Kier alpha value is -2.14. The van der Waals surface area contributed by atoms with E-state index in [9.17, 15) is 9.59 Å². The number of fused-ring (bicyclic) bond motifs is 1. The zero-order valence-electron chi connectivity index (χ0n) is 14.9. The minimum atomic E-state index is -0.666. The van der Waals surface area contributed by atoms with E-state index in [1.165, 1.54) is 18.2 Å². The van der Waals surface area contributed by atoms with Gasteiger partial charge in [0, 0.05) is 6.42 Å². The first-order valence-electron chi connectivity index (χ1n) is 8.96. The standard InChI is InChI=1S/C20H26N2O3/c1-13-9-17(21-12-13)19(23)22-18(20(24)25-2)11-14-7-8-15-5-3-4-6-16(15)10-14/h4,6-8,10,13,17-18,21H,3,5,9,11-12H2,1-2H3,(H,22,23). The average Bonchev–Trinajstić information content (AvgIpc) is 3.07. The van der Waals surface area contributed by atoms with E-state index in [1.807, 2.05) is 6.07 Å². The molecule has 25 heavy (non-hydrogen) atoms. The van der Waals surface area contributed by atoms with E-state index in [-0.39, 0.29) is 11.9 Å². The molecule has 0 saturated carbocycles. The van der Waals surface area contributed by atoms with Crippen LogP contribution in [0.15, 0.2) is 24.3 Å². The van der Waals surface area contributed by atoms with Gasteiger partial charge in [0.1, 0.15) is 6.04 Å². The summed E-state index contributed by atoms with van der Waals surface area (Å²) >= 11 is 0. The number of carbonyl (C=O) groups excluding carboxylic acids is 2. The number of aryl methyl sites for hydroxylation is 1. The first-order chi connectivity index (χ1) is 12.1. The third-order valence-electron chi connectivity index (χ3n) is 5.00. The van der Waals surface area contributed by atoms with Gasteiger partial charge in [0.2, 0.25) is 5.91 Å². The van der Waals surface area contributed by atoms with E-state index in [4.69, 9.17) is 4.74 Å². The highest BCUT2D eigenvalue weighted by Crippen LogP contribution is 2.21. The van der Waals surface area contributed by atoms with Crippen LogP contribution in [0, 0.1) is 5.92 Å². The highest BCUT2D eigenvalue weighted by molar-refractivity contribution is 5.88. The summed E-state index contributed by atoms with van der Waals surface area (Å²) in [6.45, 7) is 2.94. The smallest absolute Gasteiger partial charge is 0.328 e. The summed E-state index contributed by atoms with van der Waals surface area (Å²) in [5.41, 5.74) is 3.55. The van der Waals surface area contributed by atoms with E-state index >= 15 is 0 Å². The van der Waals surface area contributed by atoms with Crippen molar-refractivity contribution in [3.05, 3.63) is 41.0 Å². The number of benzene rings is 1. The van der Waals surface area contributed by atoms with Gasteiger partial charge in [0.05, 0.1) is 13.2 Å². The second kappa shape index (κ2) is 7.83. The van der Waals surface area contributed by atoms with Crippen molar-refractivity contribution >= 4 is 18.0 Å². The van der Waals surface area contributed by atoms with Crippen molar-refractivity contribution in [1.82, 2.24) is 10.6 Å². The number of allylic oxidation sites excluding steroid dienone is 1. The minimum Gasteiger partial charge on any atom is -0.467 e. The lowest BCUT2D eigenvalue weighted by atomic mass is 9.93. The zero-order valence-corrected chi connectivity index (χ0v) is 14.9. The minimum absolute atomic E-state index is 0.127. The Balaban J connectivity index is 1.70. The van der Waals surface area contributed by atoms with Gasteiger partial charge in [-0.1, -0.05) is 37.3 Å². The van der Waals surface area contributed by atoms with Gasteiger partial charge in [0.15, 0.2) is 0 Å². The van der Waals surface area contributed by atoms with Gasteiger partial charge >= 0.3 is 5.97 Å². The number of ether oxygens (including phenoxy) is 1. The van der Waals surface area contributed by atoms with Crippen molar-refractivity contribution in [2.24, 2.45) is 5.92 Å². The van der Waals surface area contributed by atoms with Crippen molar-refractivity contribution < 1.29 is 14.3 Å². The SMILES string of the molecule is COC(=O)C(Cc1ccc2c(c1)C=CCC2)NC(=O)C1CC(C)CN1. The zero-order chi connectivity index (χ0) is 17.8. The third-order valence-corrected chi connectivity index (χ3v) is 5.00. The molecule has 0 spiro atoms. The molecule has 1 saturated heterocycles. The second-order valence-corrected chi connectivity index (χ2v) is 7.06. The van der Waals surface area contributed by atoms with Crippen LogP contribution in [0.25, 0.3) is 6.08 Å². The molecular weight excluding hydrogens is 316 g/mol. The fraction of sp³-hybridized carbons (Fsp3) is 0.500. The fourth-order valence-electron chi connectivity index (χ4n) is 3.56. The summed E-state index contributed by atoms with van der Waals surface area (Å²) in [6, 6.07) is 5.36. The fourth-order valence-corrected chi connectivity index (χ4v) is 3.56. The van der Waals surface area contributed by atoms with Crippen molar-refractivity contribution in [3.63, 3.8) is 0 Å². The van der Waals surface area contributed by atoms with Crippen LogP contribution < -0.4 is 10.6 Å². The van der Waals surface area contributed by atoms with Crippen LogP contribution in [0.2, 0.25) is 0 Å². The lowest BCUT2D eigenvalue weighted by Crippen LogP contribution is -2.49. The molecule has 1 aromatic carbocycles. The summed E-state index contributed by atoms with van der Waals surface area (Å²) < 4.78 is 4.89. The molecule has 0 aromatic heterocycles. The maximum absolute atomic E-state index is 12.5. The third kappa shape index (κ3) is 4.28. The summed E-state index contributed by atoms with van der Waals surface area (Å²) in [5, 5.41) is 6.06. The molecule has 3 rings (SSSR count). The van der Waals surface area contributed by atoms with Crippen LogP contribution in [0.1, 0.15) is 36.5 Å². The van der Waals surface area contributed by atoms with Gasteiger partial charge < -0.3 is 15.4 Å². The van der Waals surface area contributed by atoms with Gasteiger partial charge in [-0.15, -0.1) is 0 Å². The molecule has 134 valence electrons. The molecule has 1 aliphatic heterocycles. The number of rotatable bonds is 5. The maximum Gasteiger partial charge on any atom is 0.328 e. The molecule has 0 bridgehead atoms. The van der Waals surface area contributed by atoms with Crippen LogP contribution in [-0.4, -0.2) is 37.6 Å². The lowest BCUT2D eigenvalue weighted by Gasteiger charge is -2.20. The van der Waals surface area contributed by atoms with Crippen LogP contribution >= 0.6 is 0 Å². The van der Waals surface area contributed by atoms with E-state index < -0.39 is 12.0 Å². The molecular formula is C20H26N2O3. The molecule has 1 heterocycles. The quantitative estimate of drug-likeness (QED) is 0.802. The molecule has 1 aliphatic carbocycles. The average molecular weight is 342 g/mol. The van der Waals surface area contributed by atoms with Gasteiger partial charge in [-0.2, -0.15) is 0 Å². The second-order valence-electron chi connectivity index (χ2n) is 7.06. The molecule has 1 aromatic rings.